The second kappa shape index (κ2) is 5.89. The van der Waals surface area contributed by atoms with Gasteiger partial charge in [0.05, 0.1) is 23.1 Å². The van der Waals surface area contributed by atoms with E-state index in [4.69, 9.17) is 0 Å². The van der Waals surface area contributed by atoms with Gasteiger partial charge in [0.15, 0.2) is 0 Å². The summed E-state index contributed by atoms with van der Waals surface area (Å²) in [5, 5.41) is 9.61. The number of benzene rings is 3. The number of aromatic carboxylic acids is 1. The van der Waals surface area contributed by atoms with Crippen molar-refractivity contribution in [2.24, 2.45) is 11.8 Å². The number of carbonyl (C=O) groups is 3. The van der Waals surface area contributed by atoms with Crippen molar-refractivity contribution in [2.45, 2.75) is 11.8 Å². The summed E-state index contributed by atoms with van der Waals surface area (Å²) in [6.07, 6.45) is 0. The molecule has 2 atom stereocenters. The van der Waals surface area contributed by atoms with Gasteiger partial charge in [0, 0.05) is 11.8 Å². The van der Waals surface area contributed by atoms with Gasteiger partial charge >= 0.3 is 5.97 Å². The molecule has 0 spiro atoms. The fraction of sp³-hybridized carbons (Fsp3) is 0.160. The van der Waals surface area contributed by atoms with Crippen LogP contribution in [0.1, 0.15) is 44.4 Å². The molecule has 2 bridgehead atoms. The highest BCUT2D eigenvalue weighted by Crippen LogP contribution is 2.61. The molecule has 146 valence electrons. The van der Waals surface area contributed by atoms with Gasteiger partial charge in [-0.25, -0.2) is 9.69 Å². The highest BCUT2D eigenvalue weighted by Gasteiger charge is 2.62. The molecule has 0 unspecified atom stereocenters. The molecule has 4 aliphatic rings. The molecule has 0 saturated carbocycles. The van der Waals surface area contributed by atoms with Crippen LogP contribution < -0.4 is 4.90 Å². The number of carbonyl (C=O) groups excluding carboxylic acids is 2. The zero-order valence-corrected chi connectivity index (χ0v) is 15.9. The predicted molar refractivity (Wildman–Crippen MR) is 109 cm³/mol. The third-order valence-corrected chi connectivity index (χ3v) is 6.82. The molecule has 1 aliphatic heterocycles. The summed E-state index contributed by atoms with van der Waals surface area (Å²) >= 11 is 0. The highest BCUT2D eigenvalue weighted by atomic mass is 16.4. The molecule has 3 aromatic carbocycles. The number of carboxylic acids is 1. The summed E-state index contributed by atoms with van der Waals surface area (Å²) in [4.78, 5) is 40.2. The second-order valence-electron chi connectivity index (χ2n) is 8.10. The Hall–Kier alpha value is -3.73. The zero-order chi connectivity index (χ0) is 20.6. The average molecular weight is 395 g/mol. The minimum Gasteiger partial charge on any atom is -0.478 e. The smallest absolute Gasteiger partial charge is 0.337 e. The number of carboxylic acid groups (broad SMARTS) is 1. The van der Waals surface area contributed by atoms with Crippen molar-refractivity contribution in [3.63, 3.8) is 0 Å². The maximum Gasteiger partial charge on any atom is 0.337 e. The van der Waals surface area contributed by atoms with Gasteiger partial charge in [0.25, 0.3) is 0 Å². The summed E-state index contributed by atoms with van der Waals surface area (Å²) in [6, 6.07) is 22.3. The van der Waals surface area contributed by atoms with E-state index in [2.05, 4.69) is 0 Å². The van der Waals surface area contributed by atoms with Gasteiger partial charge in [-0.15, -0.1) is 0 Å². The zero-order valence-electron chi connectivity index (χ0n) is 15.9. The Labute approximate surface area is 172 Å². The standard InChI is InChI=1S/C25H17NO4/c27-23-21-19-13-7-1-2-8-14(13)20(16-10-4-3-9-15(16)19)22(21)24(28)26(23)18-12-6-5-11-17(18)25(29)30/h1-12,19-22H,(H,29,30)/t19?,20?,21-,22-/m1/s1. The molecule has 5 heteroatoms. The summed E-state index contributed by atoms with van der Waals surface area (Å²) in [5.74, 6) is -3.22. The van der Waals surface area contributed by atoms with Crippen molar-refractivity contribution < 1.29 is 19.5 Å². The Balaban J connectivity index is 1.58. The molecule has 1 heterocycles. The largest absolute Gasteiger partial charge is 0.478 e. The van der Waals surface area contributed by atoms with E-state index in [1.807, 2.05) is 48.5 Å². The van der Waals surface area contributed by atoms with Crippen molar-refractivity contribution in [3.05, 3.63) is 101 Å². The van der Waals surface area contributed by atoms with Crippen molar-refractivity contribution in [1.29, 1.82) is 0 Å². The van der Waals surface area contributed by atoms with Crippen LogP contribution in [0.4, 0.5) is 5.69 Å². The molecule has 0 aromatic heterocycles. The van der Waals surface area contributed by atoms with Gasteiger partial charge in [-0.3, -0.25) is 9.59 Å². The molecule has 7 rings (SSSR count). The van der Waals surface area contributed by atoms with Gasteiger partial charge in [0.2, 0.25) is 11.8 Å². The second-order valence-corrected chi connectivity index (χ2v) is 8.10. The number of amides is 2. The van der Waals surface area contributed by atoms with E-state index >= 15 is 0 Å². The van der Waals surface area contributed by atoms with Gasteiger partial charge in [-0.05, 0) is 34.4 Å². The number of imide groups is 1. The van der Waals surface area contributed by atoms with Crippen molar-refractivity contribution in [1.82, 2.24) is 0 Å². The summed E-state index contributed by atoms with van der Waals surface area (Å²) < 4.78 is 0. The molecule has 0 radical (unpaired) electrons. The first-order valence-electron chi connectivity index (χ1n) is 9.97. The van der Waals surface area contributed by atoms with E-state index in [9.17, 15) is 19.5 Å². The maximum absolute atomic E-state index is 13.6. The van der Waals surface area contributed by atoms with Crippen LogP contribution in [0, 0.1) is 11.8 Å². The van der Waals surface area contributed by atoms with E-state index in [1.54, 1.807) is 18.2 Å². The number of rotatable bonds is 2. The molecule has 1 fully saturated rings. The first-order chi connectivity index (χ1) is 14.6. The van der Waals surface area contributed by atoms with Crippen LogP contribution in [0.5, 0.6) is 0 Å². The van der Waals surface area contributed by atoms with Crippen LogP contribution in [0.3, 0.4) is 0 Å². The normalized spacial score (nSPS) is 25.7. The van der Waals surface area contributed by atoms with Gasteiger partial charge in [-0.2, -0.15) is 0 Å². The van der Waals surface area contributed by atoms with Crippen molar-refractivity contribution in [3.8, 4) is 0 Å². The molecule has 1 saturated heterocycles. The molecular weight excluding hydrogens is 378 g/mol. The summed E-state index contributed by atoms with van der Waals surface area (Å²) in [6.45, 7) is 0. The van der Waals surface area contributed by atoms with Crippen molar-refractivity contribution in [2.75, 3.05) is 4.90 Å². The third kappa shape index (κ3) is 1.99. The van der Waals surface area contributed by atoms with Crippen LogP contribution in [-0.2, 0) is 9.59 Å². The number of para-hydroxylation sites is 1. The number of hydrogen-bond acceptors (Lipinski definition) is 3. The molecule has 30 heavy (non-hydrogen) atoms. The van der Waals surface area contributed by atoms with E-state index in [-0.39, 0.29) is 34.9 Å². The third-order valence-electron chi connectivity index (χ3n) is 6.82. The van der Waals surface area contributed by atoms with Crippen LogP contribution in [0.25, 0.3) is 0 Å². The monoisotopic (exact) mass is 395 g/mol. The molecule has 3 aliphatic carbocycles. The average Bonchev–Trinajstić information content (AvgIpc) is 3.04. The summed E-state index contributed by atoms with van der Waals surface area (Å²) in [5.41, 5.74) is 4.49. The van der Waals surface area contributed by atoms with Gasteiger partial charge in [0.1, 0.15) is 0 Å². The molecule has 3 aromatic rings. The SMILES string of the molecule is O=C(O)c1ccccc1N1C(=O)[C@@H]2C3c4ccccc4C(c4ccccc43)[C@H]2C1=O. The molecular formula is C25H17NO4. The Bertz CT molecular complexity index is 1150. The first kappa shape index (κ1) is 17.2. The quantitative estimate of drug-likeness (QED) is 0.670. The fourth-order valence-electron chi connectivity index (χ4n) is 5.76. The summed E-state index contributed by atoms with van der Waals surface area (Å²) in [7, 11) is 0. The first-order valence-corrected chi connectivity index (χ1v) is 9.97. The Morgan fingerprint density at radius 2 is 1.07 bits per heavy atom. The minimum atomic E-state index is -1.16. The van der Waals surface area contributed by atoms with Crippen LogP contribution in [0.15, 0.2) is 72.8 Å². The van der Waals surface area contributed by atoms with E-state index < -0.39 is 17.8 Å². The molecule has 2 amide bonds. The fourth-order valence-corrected chi connectivity index (χ4v) is 5.76. The van der Waals surface area contributed by atoms with Crippen LogP contribution in [-0.4, -0.2) is 22.9 Å². The Morgan fingerprint density at radius 1 is 0.667 bits per heavy atom. The topological polar surface area (TPSA) is 74.7 Å². The predicted octanol–water partition coefficient (Wildman–Crippen LogP) is 3.78. The van der Waals surface area contributed by atoms with Gasteiger partial charge in [-0.1, -0.05) is 60.7 Å². The van der Waals surface area contributed by atoms with Gasteiger partial charge < -0.3 is 5.11 Å². The lowest BCUT2D eigenvalue weighted by molar-refractivity contribution is -0.122. The molecule has 1 N–H and O–H groups in total. The number of anilines is 1. The van der Waals surface area contributed by atoms with Crippen LogP contribution >= 0.6 is 0 Å². The van der Waals surface area contributed by atoms with Crippen LogP contribution in [0.2, 0.25) is 0 Å². The lowest BCUT2D eigenvalue weighted by Crippen LogP contribution is -2.41. The lowest BCUT2D eigenvalue weighted by Gasteiger charge is -2.45. The Morgan fingerprint density at radius 3 is 1.50 bits per heavy atom. The van der Waals surface area contributed by atoms with E-state index in [0.717, 1.165) is 27.2 Å². The maximum atomic E-state index is 13.6. The molecule has 5 nitrogen and oxygen atoms in total. The minimum absolute atomic E-state index is 0.0415. The number of hydrogen-bond donors (Lipinski definition) is 1. The van der Waals surface area contributed by atoms with E-state index in [1.165, 1.54) is 6.07 Å². The number of nitrogens with zero attached hydrogens (tertiary/aromatic N) is 1. The Kier molecular flexibility index (Phi) is 3.37. The highest BCUT2D eigenvalue weighted by molar-refractivity contribution is 6.25. The van der Waals surface area contributed by atoms with E-state index in [0.29, 0.717) is 0 Å². The van der Waals surface area contributed by atoms with Crippen molar-refractivity contribution >= 4 is 23.5 Å². The lowest BCUT2D eigenvalue weighted by atomic mass is 9.55.